The molecule has 0 aromatic carbocycles. The number of hydrogen-bond acceptors (Lipinski definition) is 2. The van der Waals surface area contributed by atoms with E-state index in [1.807, 2.05) is 13.8 Å². The zero-order valence-electron chi connectivity index (χ0n) is 12.1. The van der Waals surface area contributed by atoms with Gasteiger partial charge in [-0.2, -0.15) is 0 Å². The van der Waals surface area contributed by atoms with Gasteiger partial charge in [0.1, 0.15) is 0 Å². The lowest BCUT2D eigenvalue weighted by molar-refractivity contribution is -0.142. The third kappa shape index (κ3) is 5.09. The quantitative estimate of drug-likeness (QED) is 0.716. The Morgan fingerprint density at radius 2 is 1.89 bits per heavy atom. The van der Waals surface area contributed by atoms with Crippen molar-refractivity contribution in [2.45, 2.75) is 52.5 Å². The van der Waals surface area contributed by atoms with Gasteiger partial charge in [-0.3, -0.25) is 4.79 Å². The molecule has 3 N–H and O–H groups in total. The molecule has 0 radical (unpaired) electrons. The predicted molar refractivity (Wildman–Crippen MR) is 73.9 cm³/mol. The molecule has 1 aliphatic rings. The SMILES string of the molecule is CC(C)C(CNC(=O)NC1CCCCC1C)C(=O)O. The van der Waals surface area contributed by atoms with Gasteiger partial charge in [0.25, 0.3) is 0 Å². The highest BCUT2D eigenvalue weighted by molar-refractivity contribution is 5.76. The Morgan fingerprint density at radius 3 is 2.42 bits per heavy atom. The topological polar surface area (TPSA) is 78.4 Å². The molecule has 0 aromatic heterocycles. The molecule has 2 amide bonds. The monoisotopic (exact) mass is 270 g/mol. The zero-order chi connectivity index (χ0) is 14.4. The highest BCUT2D eigenvalue weighted by Crippen LogP contribution is 2.23. The lowest BCUT2D eigenvalue weighted by Gasteiger charge is -2.29. The summed E-state index contributed by atoms with van der Waals surface area (Å²) in [4.78, 5) is 22.8. The van der Waals surface area contributed by atoms with E-state index in [4.69, 9.17) is 5.11 Å². The standard InChI is InChI=1S/C14H26N2O3/c1-9(2)11(13(17)18)8-15-14(19)16-12-7-5-4-6-10(12)3/h9-12H,4-8H2,1-3H3,(H,17,18)(H2,15,16,19). The number of rotatable bonds is 5. The van der Waals surface area contributed by atoms with Crippen LogP contribution in [0.5, 0.6) is 0 Å². The van der Waals surface area contributed by atoms with Crippen molar-refractivity contribution < 1.29 is 14.7 Å². The van der Waals surface area contributed by atoms with Gasteiger partial charge in [0.2, 0.25) is 0 Å². The number of urea groups is 1. The van der Waals surface area contributed by atoms with Crippen molar-refractivity contribution in [1.82, 2.24) is 10.6 Å². The first-order valence-corrected chi connectivity index (χ1v) is 7.19. The second kappa shape index (κ2) is 7.36. The van der Waals surface area contributed by atoms with Crippen LogP contribution in [0.4, 0.5) is 4.79 Å². The summed E-state index contributed by atoms with van der Waals surface area (Å²) in [5, 5.41) is 14.7. The van der Waals surface area contributed by atoms with Crippen molar-refractivity contribution in [3.05, 3.63) is 0 Å². The Balaban J connectivity index is 2.36. The maximum absolute atomic E-state index is 11.8. The van der Waals surface area contributed by atoms with E-state index < -0.39 is 11.9 Å². The van der Waals surface area contributed by atoms with Gasteiger partial charge in [0, 0.05) is 12.6 Å². The number of carboxylic acid groups (broad SMARTS) is 1. The van der Waals surface area contributed by atoms with E-state index in [9.17, 15) is 9.59 Å². The van der Waals surface area contributed by atoms with E-state index in [1.54, 1.807) is 0 Å². The van der Waals surface area contributed by atoms with Crippen LogP contribution in [-0.4, -0.2) is 29.7 Å². The fourth-order valence-electron chi connectivity index (χ4n) is 2.56. The smallest absolute Gasteiger partial charge is 0.315 e. The summed E-state index contributed by atoms with van der Waals surface area (Å²) in [6, 6.07) is -0.0262. The van der Waals surface area contributed by atoms with Crippen LogP contribution in [0.15, 0.2) is 0 Å². The molecule has 0 aliphatic heterocycles. The second-order valence-electron chi connectivity index (χ2n) is 5.91. The molecule has 110 valence electrons. The third-order valence-corrected chi connectivity index (χ3v) is 4.03. The van der Waals surface area contributed by atoms with E-state index in [0.29, 0.717) is 5.92 Å². The van der Waals surface area contributed by atoms with Gasteiger partial charge in [0.15, 0.2) is 0 Å². The molecule has 1 rings (SSSR count). The molecule has 5 nitrogen and oxygen atoms in total. The Labute approximate surface area is 115 Å². The predicted octanol–water partition coefficient (Wildman–Crippen LogP) is 2.22. The lowest BCUT2D eigenvalue weighted by Crippen LogP contribution is -2.48. The van der Waals surface area contributed by atoms with Gasteiger partial charge in [-0.1, -0.05) is 33.6 Å². The van der Waals surface area contributed by atoms with E-state index in [-0.39, 0.29) is 24.5 Å². The average molecular weight is 270 g/mol. The maximum atomic E-state index is 11.8. The molecule has 0 saturated heterocycles. The third-order valence-electron chi connectivity index (χ3n) is 4.03. The summed E-state index contributed by atoms with van der Waals surface area (Å²) in [6.07, 6.45) is 4.55. The van der Waals surface area contributed by atoms with Gasteiger partial charge < -0.3 is 15.7 Å². The summed E-state index contributed by atoms with van der Waals surface area (Å²) >= 11 is 0. The number of hydrogen-bond donors (Lipinski definition) is 3. The van der Waals surface area contributed by atoms with Gasteiger partial charge in [0.05, 0.1) is 5.92 Å². The first kappa shape index (κ1) is 15.8. The second-order valence-corrected chi connectivity index (χ2v) is 5.91. The van der Waals surface area contributed by atoms with Crippen LogP contribution in [0.3, 0.4) is 0 Å². The number of carbonyl (C=O) groups excluding carboxylic acids is 1. The highest BCUT2D eigenvalue weighted by Gasteiger charge is 2.25. The van der Waals surface area contributed by atoms with Gasteiger partial charge in [-0.05, 0) is 24.7 Å². The van der Waals surface area contributed by atoms with E-state index in [0.717, 1.165) is 19.3 Å². The first-order chi connectivity index (χ1) is 8.91. The van der Waals surface area contributed by atoms with Crippen LogP contribution in [-0.2, 0) is 4.79 Å². The molecule has 1 aliphatic carbocycles. The minimum atomic E-state index is -0.860. The van der Waals surface area contributed by atoms with E-state index >= 15 is 0 Å². The van der Waals surface area contributed by atoms with Crippen LogP contribution in [0.25, 0.3) is 0 Å². The molecule has 3 atom stereocenters. The van der Waals surface area contributed by atoms with Crippen molar-refractivity contribution in [3.8, 4) is 0 Å². The minimum absolute atomic E-state index is 0.00593. The van der Waals surface area contributed by atoms with Crippen molar-refractivity contribution in [2.24, 2.45) is 17.8 Å². The fraction of sp³-hybridized carbons (Fsp3) is 0.857. The first-order valence-electron chi connectivity index (χ1n) is 7.19. The van der Waals surface area contributed by atoms with Crippen LogP contribution in [0, 0.1) is 17.8 Å². The molecular formula is C14H26N2O3. The van der Waals surface area contributed by atoms with Gasteiger partial charge in [-0.15, -0.1) is 0 Å². The number of aliphatic carboxylic acids is 1. The molecule has 19 heavy (non-hydrogen) atoms. The van der Waals surface area contributed by atoms with Crippen LogP contribution < -0.4 is 10.6 Å². The minimum Gasteiger partial charge on any atom is -0.481 e. The Morgan fingerprint density at radius 1 is 1.26 bits per heavy atom. The van der Waals surface area contributed by atoms with Crippen LogP contribution >= 0.6 is 0 Å². The zero-order valence-corrected chi connectivity index (χ0v) is 12.1. The summed E-state index contributed by atoms with van der Waals surface area (Å²) in [5.74, 6) is -0.887. The Hall–Kier alpha value is -1.26. The highest BCUT2D eigenvalue weighted by atomic mass is 16.4. The number of nitrogens with one attached hydrogen (secondary N) is 2. The normalized spacial score (nSPS) is 24.8. The van der Waals surface area contributed by atoms with Crippen molar-refractivity contribution in [1.29, 1.82) is 0 Å². The average Bonchev–Trinajstić information content (AvgIpc) is 2.31. The molecule has 0 bridgehead atoms. The molecule has 0 heterocycles. The number of carbonyl (C=O) groups is 2. The molecule has 3 unspecified atom stereocenters. The fourth-order valence-corrected chi connectivity index (χ4v) is 2.56. The molecule has 1 saturated carbocycles. The van der Waals surface area contributed by atoms with Gasteiger partial charge >= 0.3 is 12.0 Å². The van der Waals surface area contributed by atoms with Gasteiger partial charge in [-0.25, -0.2) is 4.79 Å². The summed E-state index contributed by atoms with van der Waals surface area (Å²) < 4.78 is 0. The largest absolute Gasteiger partial charge is 0.481 e. The van der Waals surface area contributed by atoms with Crippen molar-refractivity contribution in [2.75, 3.05) is 6.54 Å². The summed E-state index contributed by atoms with van der Waals surface area (Å²) in [6.45, 7) is 6.03. The van der Waals surface area contributed by atoms with E-state index in [2.05, 4.69) is 17.6 Å². The van der Waals surface area contributed by atoms with Crippen LogP contribution in [0.1, 0.15) is 46.5 Å². The molecule has 0 aromatic rings. The Kier molecular flexibility index (Phi) is 6.12. The maximum Gasteiger partial charge on any atom is 0.315 e. The lowest BCUT2D eigenvalue weighted by atomic mass is 9.86. The summed E-state index contributed by atoms with van der Waals surface area (Å²) in [5.41, 5.74) is 0. The molecule has 0 spiro atoms. The van der Waals surface area contributed by atoms with Crippen molar-refractivity contribution >= 4 is 12.0 Å². The summed E-state index contributed by atoms with van der Waals surface area (Å²) in [7, 11) is 0. The molecule has 1 fully saturated rings. The van der Waals surface area contributed by atoms with E-state index in [1.165, 1.54) is 6.42 Å². The van der Waals surface area contributed by atoms with Crippen LogP contribution in [0.2, 0.25) is 0 Å². The number of amides is 2. The Bertz CT molecular complexity index is 318. The molecule has 5 heteroatoms. The number of carboxylic acids is 1. The van der Waals surface area contributed by atoms with Crippen molar-refractivity contribution in [3.63, 3.8) is 0 Å². The molecular weight excluding hydrogens is 244 g/mol.